The molecule has 0 spiro atoms. The number of benzene rings is 2. The number of rotatable bonds is 8. The van der Waals surface area contributed by atoms with Crippen molar-refractivity contribution in [3.05, 3.63) is 114 Å². The number of allylic oxidation sites excluding steroid dienone is 7. The lowest BCUT2D eigenvalue weighted by atomic mass is 9.60. The van der Waals surface area contributed by atoms with Crippen molar-refractivity contribution in [3.8, 4) is 11.5 Å². The van der Waals surface area contributed by atoms with Crippen LogP contribution in [0.2, 0.25) is 0 Å². The Hall–Kier alpha value is -3.66. The molecule has 1 unspecified atom stereocenters. The summed E-state index contributed by atoms with van der Waals surface area (Å²) >= 11 is 0. The Morgan fingerprint density at radius 3 is 2.21 bits per heavy atom. The molecule has 172 valence electrons. The minimum absolute atomic E-state index is 0.0705. The maximum Gasteiger partial charge on any atom is 0.127 e. The summed E-state index contributed by atoms with van der Waals surface area (Å²) in [6.07, 6.45) is 12.6. The van der Waals surface area contributed by atoms with Crippen LogP contribution in [-0.2, 0) is 5.41 Å². The number of hydrogen-bond donors (Lipinski definition) is 2. The van der Waals surface area contributed by atoms with Crippen LogP contribution in [0.15, 0.2) is 109 Å². The van der Waals surface area contributed by atoms with E-state index < -0.39 is 0 Å². The lowest BCUT2D eigenvalue weighted by molar-refractivity contribution is 0.234. The molecule has 2 aromatic rings. The molecule has 0 bridgehead atoms. The van der Waals surface area contributed by atoms with E-state index in [2.05, 4.69) is 57.7 Å². The Bertz CT molecular complexity index is 1100. The molecule has 4 nitrogen and oxygen atoms in total. The highest BCUT2D eigenvalue weighted by atomic mass is 16.5. The topological polar surface area (TPSA) is 70.5 Å². The molecule has 1 aliphatic rings. The van der Waals surface area contributed by atoms with E-state index >= 15 is 0 Å². The Balaban J connectivity index is 1.71. The lowest BCUT2D eigenvalue weighted by Gasteiger charge is -2.44. The fourth-order valence-corrected chi connectivity index (χ4v) is 3.69. The average Bonchev–Trinajstić information content (AvgIpc) is 2.80. The standard InChI is InChI=1S/C29H34N2O2/c1-6-24(12-7-21(2)30)32-25-13-8-22(9-14-25)28(3,4)29(5)19-17-27(18-20-29)33-26-15-10-23(31)11-16-26/h6-19H,1,20,30-31H2,2-5H3/b21-7+,24-12+. The highest BCUT2D eigenvalue weighted by Gasteiger charge is 2.40. The smallest absolute Gasteiger partial charge is 0.127 e. The van der Waals surface area contributed by atoms with Crippen molar-refractivity contribution >= 4 is 5.69 Å². The molecule has 2 aromatic carbocycles. The highest BCUT2D eigenvalue weighted by molar-refractivity contribution is 5.43. The molecular formula is C29H34N2O2. The number of hydrogen-bond acceptors (Lipinski definition) is 4. The Labute approximate surface area is 197 Å². The van der Waals surface area contributed by atoms with Crippen LogP contribution in [0.5, 0.6) is 11.5 Å². The van der Waals surface area contributed by atoms with Gasteiger partial charge in [0, 0.05) is 11.4 Å². The van der Waals surface area contributed by atoms with Crippen LogP contribution in [0.25, 0.3) is 0 Å². The first-order chi connectivity index (χ1) is 15.6. The van der Waals surface area contributed by atoms with E-state index in [4.69, 9.17) is 20.9 Å². The Kier molecular flexibility index (Phi) is 7.17. The zero-order valence-corrected chi connectivity index (χ0v) is 20.0. The van der Waals surface area contributed by atoms with Gasteiger partial charge < -0.3 is 20.9 Å². The monoisotopic (exact) mass is 442 g/mol. The highest BCUT2D eigenvalue weighted by Crippen LogP contribution is 2.47. The van der Waals surface area contributed by atoms with Gasteiger partial charge in [-0.05, 0) is 96.5 Å². The summed E-state index contributed by atoms with van der Waals surface area (Å²) < 4.78 is 11.9. The van der Waals surface area contributed by atoms with Crippen LogP contribution < -0.4 is 20.9 Å². The SMILES string of the molecule is C=C/C(=C\C=C(/C)N)Oc1ccc(C(C)(C)C2(C)C=CC(Oc3ccc(N)cc3)=CC2)cc1. The van der Waals surface area contributed by atoms with E-state index in [9.17, 15) is 0 Å². The summed E-state index contributed by atoms with van der Waals surface area (Å²) in [6, 6.07) is 15.7. The third-order valence-corrected chi connectivity index (χ3v) is 6.41. The number of nitrogen functional groups attached to an aromatic ring is 1. The number of nitrogens with two attached hydrogens (primary N) is 2. The third-order valence-electron chi connectivity index (χ3n) is 6.41. The molecule has 0 aromatic heterocycles. The minimum Gasteiger partial charge on any atom is -0.458 e. The van der Waals surface area contributed by atoms with Crippen molar-refractivity contribution < 1.29 is 9.47 Å². The summed E-state index contributed by atoms with van der Waals surface area (Å²) in [7, 11) is 0. The largest absolute Gasteiger partial charge is 0.458 e. The van der Waals surface area contributed by atoms with Gasteiger partial charge in [0.15, 0.2) is 0 Å². The summed E-state index contributed by atoms with van der Waals surface area (Å²) in [5.74, 6) is 3.03. The molecule has 1 atom stereocenters. The summed E-state index contributed by atoms with van der Waals surface area (Å²) in [6.45, 7) is 12.5. The van der Waals surface area contributed by atoms with Gasteiger partial charge in [0.25, 0.3) is 0 Å². The number of anilines is 1. The van der Waals surface area contributed by atoms with Gasteiger partial charge in [-0.1, -0.05) is 45.6 Å². The molecule has 0 amide bonds. The van der Waals surface area contributed by atoms with Crippen LogP contribution >= 0.6 is 0 Å². The van der Waals surface area contributed by atoms with Gasteiger partial charge in [0.05, 0.1) is 0 Å². The van der Waals surface area contributed by atoms with Crippen LogP contribution in [0.1, 0.15) is 39.7 Å². The second-order valence-corrected chi connectivity index (χ2v) is 9.17. The molecule has 33 heavy (non-hydrogen) atoms. The fraction of sp³-hybridized carbons (Fsp3) is 0.241. The Morgan fingerprint density at radius 1 is 1.03 bits per heavy atom. The van der Waals surface area contributed by atoms with Crippen LogP contribution in [0, 0.1) is 5.41 Å². The van der Waals surface area contributed by atoms with E-state index in [1.807, 2.05) is 49.4 Å². The second-order valence-electron chi connectivity index (χ2n) is 9.17. The molecule has 4 heteroatoms. The summed E-state index contributed by atoms with van der Waals surface area (Å²) in [5, 5.41) is 0. The van der Waals surface area contributed by atoms with Gasteiger partial charge in [-0.3, -0.25) is 0 Å². The molecule has 0 heterocycles. The third kappa shape index (κ3) is 5.78. The van der Waals surface area contributed by atoms with Crippen LogP contribution in [0.3, 0.4) is 0 Å². The van der Waals surface area contributed by atoms with Crippen molar-refractivity contribution in [2.24, 2.45) is 11.1 Å². The van der Waals surface area contributed by atoms with E-state index in [1.54, 1.807) is 12.2 Å². The zero-order chi connectivity index (χ0) is 24.1. The van der Waals surface area contributed by atoms with Crippen molar-refractivity contribution in [2.45, 2.75) is 39.5 Å². The molecule has 0 radical (unpaired) electrons. The quantitative estimate of drug-likeness (QED) is 0.268. The van der Waals surface area contributed by atoms with Gasteiger partial charge >= 0.3 is 0 Å². The van der Waals surface area contributed by atoms with Gasteiger partial charge in [-0.15, -0.1) is 0 Å². The van der Waals surface area contributed by atoms with Gasteiger partial charge in [-0.25, -0.2) is 0 Å². The predicted molar refractivity (Wildman–Crippen MR) is 138 cm³/mol. The first-order valence-corrected chi connectivity index (χ1v) is 11.1. The lowest BCUT2D eigenvalue weighted by Crippen LogP contribution is -2.38. The molecule has 4 N–H and O–H groups in total. The molecule has 0 aliphatic heterocycles. The summed E-state index contributed by atoms with van der Waals surface area (Å²) in [5.41, 5.74) is 13.9. The molecule has 3 rings (SSSR count). The first kappa shape index (κ1) is 24.0. The van der Waals surface area contributed by atoms with E-state index in [1.165, 1.54) is 5.56 Å². The minimum atomic E-state index is -0.109. The van der Waals surface area contributed by atoms with Crippen molar-refractivity contribution in [1.29, 1.82) is 0 Å². The average molecular weight is 443 g/mol. The fourth-order valence-electron chi connectivity index (χ4n) is 3.69. The molecule has 0 fully saturated rings. The second kappa shape index (κ2) is 9.86. The van der Waals surface area contributed by atoms with Crippen LogP contribution in [-0.4, -0.2) is 0 Å². The Morgan fingerprint density at radius 2 is 1.67 bits per heavy atom. The molecular weight excluding hydrogens is 408 g/mol. The molecule has 0 saturated carbocycles. The maximum atomic E-state index is 6.00. The van der Waals surface area contributed by atoms with Crippen molar-refractivity contribution in [1.82, 2.24) is 0 Å². The van der Waals surface area contributed by atoms with Crippen LogP contribution in [0.4, 0.5) is 5.69 Å². The van der Waals surface area contributed by atoms with Gasteiger partial charge in [-0.2, -0.15) is 0 Å². The van der Waals surface area contributed by atoms with Crippen molar-refractivity contribution in [3.63, 3.8) is 0 Å². The first-order valence-electron chi connectivity index (χ1n) is 11.1. The van der Waals surface area contributed by atoms with Gasteiger partial charge in [0.1, 0.15) is 23.0 Å². The van der Waals surface area contributed by atoms with E-state index in [0.717, 1.165) is 29.4 Å². The molecule has 1 aliphatic carbocycles. The number of ether oxygens (including phenoxy) is 2. The zero-order valence-electron chi connectivity index (χ0n) is 20.0. The van der Waals surface area contributed by atoms with E-state index in [-0.39, 0.29) is 10.8 Å². The van der Waals surface area contributed by atoms with Crippen molar-refractivity contribution in [2.75, 3.05) is 5.73 Å². The van der Waals surface area contributed by atoms with E-state index in [0.29, 0.717) is 11.5 Å². The predicted octanol–water partition coefficient (Wildman–Crippen LogP) is 6.79. The molecule has 0 saturated heterocycles. The maximum absolute atomic E-state index is 6.00. The van der Waals surface area contributed by atoms with Gasteiger partial charge in [0.2, 0.25) is 0 Å². The summed E-state index contributed by atoms with van der Waals surface area (Å²) in [4.78, 5) is 0. The normalized spacial score (nSPS) is 19.1.